The van der Waals surface area contributed by atoms with Gasteiger partial charge in [0.05, 0.1) is 25.4 Å². The first kappa shape index (κ1) is 16.0. The van der Waals surface area contributed by atoms with Gasteiger partial charge in [-0.1, -0.05) is 0 Å². The monoisotopic (exact) mass is 318 g/mol. The van der Waals surface area contributed by atoms with Gasteiger partial charge in [0.15, 0.2) is 11.5 Å². The summed E-state index contributed by atoms with van der Waals surface area (Å²) in [7, 11) is 2.85. The Hall–Kier alpha value is -3.36. The number of ether oxygens (including phenoxy) is 2. The molecule has 1 heterocycles. The Balaban J connectivity index is 2.12. The van der Waals surface area contributed by atoms with Gasteiger partial charge in [-0.05, 0) is 18.2 Å². The van der Waals surface area contributed by atoms with Crippen LogP contribution in [0.2, 0.25) is 0 Å². The Bertz CT molecular complexity index is 705. The van der Waals surface area contributed by atoms with Gasteiger partial charge >= 0.3 is 0 Å². The van der Waals surface area contributed by atoms with Gasteiger partial charge in [-0.3, -0.25) is 15.5 Å². The second-order valence-electron chi connectivity index (χ2n) is 4.30. The molecule has 1 aromatic heterocycles. The van der Waals surface area contributed by atoms with Crippen molar-refractivity contribution in [3.05, 3.63) is 46.1 Å². The van der Waals surface area contributed by atoms with Gasteiger partial charge in [-0.25, -0.2) is 4.98 Å². The molecule has 2 aromatic rings. The van der Waals surface area contributed by atoms with Crippen LogP contribution >= 0.6 is 0 Å². The smallest absolute Gasteiger partial charge is 0.287 e. The zero-order valence-corrected chi connectivity index (χ0v) is 12.4. The number of hydrogen-bond donors (Lipinski definition) is 2. The summed E-state index contributed by atoms with van der Waals surface area (Å²) < 4.78 is 10.1. The molecule has 2 N–H and O–H groups in total. The Labute approximate surface area is 131 Å². The fourth-order valence-corrected chi connectivity index (χ4v) is 1.72. The van der Waals surface area contributed by atoms with E-state index in [0.29, 0.717) is 11.4 Å². The van der Waals surface area contributed by atoms with Crippen LogP contribution in [0, 0.1) is 10.1 Å². The molecule has 1 aromatic carbocycles. The number of aromatic hydroxyl groups is 1. The minimum atomic E-state index is -0.533. The third-order valence-electron chi connectivity index (χ3n) is 2.85. The molecule has 9 nitrogen and oxygen atoms in total. The van der Waals surface area contributed by atoms with Gasteiger partial charge in [-0.15, -0.1) is 0 Å². The summed E-state index contributed by atoms with van der Waals surface area (Å²) in [4.78, 5) is 13.9. The zero-order chi connectivity index (χ0) is 16.8. The van der Waals surface area contributed by atoms with Crippen LogP contribution in [-0.2, 0) is 0 Å². The van der Waals surface area contributed by atoms with Gasteiger partial charge in [0.2, 0.25) is 5.75 Å². The average molecular weight is 318 g/mol. The number of hydrogen-bond acceptors (Lipinski definition) is 8. The van der Waals surface area contributed by atoms with Gasteiger partial charge in [0.1, 0.15) is 12.0 Å². The van der Waals surface area contributed by atoms with Gasteiger partial charge in [-0.2, -0.15) is 5.10 Å². The maximum atomic E-state index is 10.5. The predicted octanol–water partition coefficient (Wildman–Crippen LogP) is 2.16. The van der Waals surface area contributed by atoms with Gasteiger partial charge in [0.25, 0.3) is 5.69 Å². The molecular formula is C14H14N4O5. The molecule has 2 rings (SSSR count). The summed E-state index contributed by atoms with van der Waals surface area (Å²) in [6, 6.07) is 5.91. The number of aromatic nitrogens is 1. The minimum Gasteiger partial charge on any atom is -0.502 e. The van der Waals surface area contributed by atoms with Crippen LogP contribution in [-0.4, -0.2) is 35.4 Å². The van der Waals surface area contributed by atoms with Crippen LogP contribution in [0.1, 0.15) is 5.56 Å². The highest BCUT2D eigenvalue weighted by Crippen LogP contribution is 2.36. The van der Waals surface area contributed by atoms with E-state index >= 15 is 0 Å². The highest BCUT2D eigenvalue weighted by atomic mass is 16.6. The maximum Gasteiger partial charge on any atom is 0.287 e. The lowest BCUT2D eigenvalue weighted by Crippen LogP contribution is -1.96. The molecule has 0 bridgehead atoms. The van der Waals surface area contributed by atoms with E-state index in [1.807, 2.05) is 0 Å². The number of hydrazone groups is 1. The molecule has 0 spiro atoms. The van der Waals surface area contributed by atoms with Crippen molar-refractivity contribution >= 4 is 17.7 Å². The lowest BCUT2D eigenvalue weighted by Gasteiger charge is -2.09. The molecule has 120 valence electrons. The fourth-order valence-electron chi connectivity index (χ4n) is 1.72. The van der Waals surface area contributed by atoms with E-state index in [4.69, 9.17) is 9.47 Å². The molecule has 0 amide bonds. The largest absolute Gasteiger partial charge is 0.502 e. The highest BCUT2D eigenvalue weighted by Gasteiger charge is 2.10. The van der Waals surface area contributed by atoms with Crippen molar-refractivity contribution in [2.45, 2.75) is 0 Å². The summed E-state index contributed by atoms with van der Waals surface area (Å²) in [6.45, 7) is 0. The molecule has 23 heavy (non-hydrogen) atoms. The first-order valence-electron chi connectivity index (χ1n) is 6.39. The number of nitrogens with one attached hydrogen (secondary N) is 1. The molecule has 9 heteroatoms. The molecule has 0 aliphatic rings. The number of phenolic OH excluding ortho intramolecular Hbond substituents is 1. The lowest BCUT2D eigenvalue weighted by molar-refractivity contribution is -0.385. The SMILES string of the molecule is COc1cc(C=NNc2ccc([N+](=O)[O-])cn2)cc(OC)c1O. The van der Waals surface area contributed by atoms with E-state index in [1.54, 1.807) is 12.1 Å². The quantitative estimate of drug-likeness (QED) is 0.476. The van der Waals surface area contributed by atoms with Crippen molar-refractivity contribution in [3.8, 4) is 17.2 Å². The van der Waals surface area contributed by atoms with Crippen LogP contribution in [0.3, 0.4) is 0 Å². The maximum absolute atomic E-state index is 10.5. The Morgan fingerprint density at radius 3 is 2.43 bits per heavy atom. The van der Waals surface area contributed by atoms with Crippen LogP contribution in [0.5, 0.6) is 17.2 Å². The molecule has 0 saturated heterocycles. The standard InChI is InChI=1S/C14H14N4O5/c1-22-11-5-9(6-12(23-2)14(11)19)7-16-17-13-4-3-10(8-15-13)18(20)21/h3-8,19H,1-2H3,(H,15,17). The molecule has 0 atom stereocenters. The van der Waals surface area contributed by atoms with Gasteiger partial charge < -0.3 is 14.6 Å². The van der Waals surface area contributed by atoms with E-state index in [0.717, 1.165) is 6.20 Å². The topological polar surface area (TPSA) is 119 Å². The molecule has 0 unspecified atom stereocenters. The van der Waals surface area contributed by atoms with E-state index in [2.05, 4.69) is 15.5 Å². The van der Waals surface area contributed by atoms with E-state index in [1.165, 1.54) is 32.6 Å². The first-order valence-corrected chi connectivity index (χ1v) is 6.39. The van der Waals surface area contributed by atoms with Crippen LogP contribution in [0.25, 0.3) is 0 Å². The number of methoxy groups -OCH3 is 2. The summed E-state index contributed by atoms with van der Waals surface area (Å²) in [5, 5.41) is 24.3. The van der Waals surface area contributed by atoms with Crippen molar-refractivity contribution in [1.29, 1.82) is 0 Å². The third kappa shape index (κ3) is 3.84. The van der Waals surface area contributed by atoms with Crippen LogP contribution in [0.15, 0.2) is 35.6 Å². The fraction of sp³-hybridized carbons (Fsp3) is 0.143. The Morgan fingerprint density at radius 2 is 1.96 bits per heavy atom. The number of nitro groups is 1. The van der Waals surface area contributed by atoms with Crippen molar-refractivity contribution in [2.75, 3.05) is 19.6 Å². The van der Waals surface area contributed by atoms with Crippen molar-refractivity contribution in [3.63, 3.8) is 0 Å². The Kier molecular flexibility index (Phi) is 4.92. The highest BCUT2D eigenvalue weighted by molar-refractivity contribution is 5.82. The normalized spacial score (nSPS) is 10.5. The molecular weight excluding hydrogens is 304 g/mol. The summed E-state index contributed by atoms with van der Waals surface area (Å²) in [5.41, 5.74) is 3.15. The lowest BCUT2D eigenvalue weighted by atomic mass is 10.2. The summed E-state index contributed by atoms with van der Waals surface area (Å²) in [6.07, 6.45) is 2.60. The Morgan fingerprint density at radius 1 is 1.30 bits per heavy atom. The molecule has 0 aliphatic heterocycles. The summed E-state index contributed by atoms with van der Waals surface area (Å²) in [5.74, 6) is 0.750. The van der Waals surface area contributed by atoms with Crippen molar-refractivity contribution in [1.82, 2.24) is 4.98 Å². The van der Waals surface area contributed by atoms with Gasteiger partial charge in [0, 0.05) is 11.6 Å². The van der Waals surface area contributed by atoms with Crippen molar-refractivity contribution in [2.24, 2.45) is 5.10 Å². The predicted molar refractivity (Wildman–Crippen MR) is 83.3 cm³/mol. The van der Waals surface area contributed by atoms with E-state index < -0.39 is 4.92 Å². The van der Waals surface area contributed by atoms with Crippen LogP contribution < -0.4 is 14.9 Å². The second-order valence-corrected chi connectivity index (χ2v) is 4.30. The molecule has 0 saturated carbocycles. The number of pyridine rings is 1. The number of nitrogens with zero attached hydrogens (tertiary/aromatic N) is 3. The number of benzene rings is 1. The first-order chi connectivity index (χ1) is 11.0. The number of phenols is 1. The van der Waals surface area contributed by atoms with Crippen molar-refractivity contribution < 1.29 is 19.5 Å². The van der Waals surface area contributed by atoms with Crippen LogP contribution in [0.4, 0.5) is 11.5 Å². The van der Waals surface area contributed by atoms with E-state index in [-0.39, 0.29) is 22.9 Å². The number of rotatable bonds is 6. The molecule has 0 radical (unpaired) electrons. The minimum absolute atomic E-state index is 0.0999. The van der Waals surface area contributed by atoms with E-state index in [9.17, 15) is 15.2 Å². The average Bonchev–Trinajstić information content (AvgIpc) is 2.56. The third-order valence-corrected chi connectivity index (χ3v) is 2.85. The summed E-state index contributed by atoms with van der Waals surface area (Å²) >= 11 is 0. The number of anilines is 1. The molecule has 0 aliphatic carbocycles. The zero-order valence-electron chi connectivity index (χ0n) is 12.4. The second kappa shape index (κ2) is 7.07. The molecule has 0 fully saturated rings.